The Balaban J connectivity index is 2.24. The van der Waals surface area contributed by atoms with Gasteiger partial charge in [-0.15, -0.1) is 0 Å². The smallest absolute Gasteiger partial charge is 0.194 e. The van der Waals surface area contributed by atoms with Crippen LogP contribution in [0.15, 0.2) is 36.4 Å². The van der Waals surface area contributed by atoms with Crippen LogP contribution in [0.3, 0.4) is 0 Å². The Morgan fingerprint density at radius 2 is 1.67 bits per heavy atom. The quantitative estimate of drug-likeness (QED) is 0.552. The maximum Gasteiger partial charge on any atom is 0.194 e. The van der Waals surface area contributed by atoms with E-state index in [0.717, 1.165) is 23.6 Å². The Morgan fingerprint density at radius 3 is 2.29 bits per heavy atom. The molecule has 0 aliphatic heterocycles. The van der Waals surface area contributed by atoms with Gasteiger partial charge in [-0.25, -0.2) is 13.2 Å². The summed E-state index contributed by atoms with van der Waals surface area (Å²) >= 11 is 3.33. The van der Waals surface area contributed by atoms with Crippen LogP contribution in [0.4, 0.5) is 13.2 Å². The van der Waals surface area contributed by atoms with Crippen LogP contribution in [-0.4, -0.2) is 13.7 Å². The molecule has 0 aliphatic carbocycles. The van der Waals surface area contributed by atoms with Crippen LogP contribution in [-0.2, 0) is 11.2 Å². The molecule has 0 fully saturated rings. The van der Waals surface area contributed by atoms with E-state index in [-0.39, 0.29) is 5.56 Å². The molecule has 0 radical (unpaired) electrons. The number of halogens is 4. The molecule has 112 valence electrons. The molecule has 2 aromatic carbocycles. The number of hydrogen-bond donors (Lipinski definition) is 0. The summed E-state index contributed by atoms with van der Waals surface area (Å²) in [7, 11) is 1.63. The topological polar surface area (TPSA) is 9.23 Å². The van der Waals surface area contributed by atoms with Gasteiger partial charge < -0.3 is 4.74 Å². The molecule has 5 heteroatoms. The first-order valence-electron chi connectivity index (χ1n) is 6.40. The Morgan fingerprint density at radius 1 is 1.00 bits per heavy atom. The standard InChI is InChI=1S/C16H14BrF3O/c1-21-9-8-10-2-4-11(5-3-10)14(17)12-6-7-13(18)16(20)15(12)19/h2-7,14H,8-9H2,1H3. The summed E-state index contributed by atoms with van der Waals surface area (Å²) in [4.78, 5) is -0.538. The molecule has 1 unspecified atom stereocenters. The minimum atomic E-state index is -1.45. The molecule has 0 aromatic heterocycles. The molecule has 0 saturated heterocycles. The van der Waals surface area contributed by atoms with E-state index in [4.69, 9.17) is 4.74 Å². The van der Waals surface area contributed by atoms with Crippen molar-refractivity contribution in [3.8, 4) is 0 Å². The molecule has 1 atom stereocenters. The zero-order chi connectivity index (χ0) is 15.4. The molecule has 0 spiro atoms. The van der Waals surface area contributed by atoms with Gasteiger partial charge in [0.05, 0.1) is 11.4 Å². The molecule has 0 bridgehead atoms. The average Bonchev–Trinajstić information content (AvgIpc) is 2.51. The molecule has 0 amide bonds. The molecule has 21 heavy (non-hydrogen) atoms. The molecule has 0 saturated carbocycles. The van der Waals surface area contributed by atoms with Crippen LogP contribution < -0.4 is 0 Å². The van der Waals surface area contributed by atoms with Gasteiger partial charge in [0, 0.05) is 12.7 Å². The second-order valence-corrected chi connectivity index (χ2v) is 5.53. The highest BCUT2D eigenvalue weighted by atomic mass is 79.9. The van der Waals surface area contributed by atoms with Crippen molar-refractivity contribution >= 4 is 15.9 Å². The Bertz CT molecular complexity index is 614. The maximum absolute atomic E-state index is 13.8. The summed E-state index contributed by atoms with van der Waals surface area (Å²) in [6.45, 7) is 0.620. The molecule has 1 nitrogen and oxygen atoms in total. The Hall–Kier alpha value is -1.33. The molecular formula is C16H14BrF3O. The minimum absolute atomic E-state index is 0.0681. The fourth-order valence-corrected chi connectivity index (χ4v) is 2.65. The van der Waals surface area contributed by atoms with Crippen LogP contribution in [0, 0.1) is 17.5 Å². The van der Waals surface area contributed by atoms with E-state index in [2.05, 4.69) is 15.9 Å². The van der Waals surface area contributed by atoms with Crippen molar-refractivity contribution in [2.45, 2.75) is 11.2 Å². The largest absolute Gasteiger partial charge is 0.384 e. The van der Waals surface area contributed by atoms with Gasteiger partial charge in [0.15, 0.2) is 17.5 Å². The van der Waals surface area contributed by atoms with Crippen LogP contribution >= 0.6 is 15.9 Å². The van der Waals surface area contributed by atoms with E-state index < -0.39 is 22.3 Å². The van der Waals surface area contributed by atoms with Crippen LogP contribution in [0.2, 0.25) is 0 Å². The number of ether oxygens (including phenoxy) is 1. The van der Waals surface area contributed by atoms with Gasteiger partial charge in [0.1, 0.15) is 0 Å². The maximum atomic E-state index is 13.8. The lowest BCUT2D eigenvalue weighted by Crippen LogP contribution is -2.02. The zero-order valence-corrected chi connectivity index (χ0v) is 13.0. The van der Waals surface area contributed by atoms with Crippen LogP contribution in [0.1, 0.15) is 21.5 Å². The van der Waals surface area contributed by atoms with Crippen molar-refractivity contribution in [2.24, 2.45) is 0 Å². The fourth-order valence-electron chi connectivity index (χ4n) is 1.99. The monoisotopic (exact) mass is 358 g/mol. The van der Waals surface area contributed by atoms with Crippen molar-refractivity contribution in [3.63, 3.8) is 0 Å². The lowest BCUT2D eigenvalue weighted by atomic mass is 10.0. The predicted octanol–water partition coefficient (Wildman–Crippen LogP) is 4.78. The first-order valence-corrected chi connectivity index (χ1v) is 7.31. The van der Waals surface area contributed by atoms with Gasteiger partial charge in [-0.2, -0.15) is 0 Å². The summed E-state index contributed by atoms with van der Waals surface area (Å²) in [5, 5.41) is 0. The summed E-state index contributed by atoms with van der Waals surface area (Å²) in [5.41, 5.74) is 1.92. The number of hydrogen-bond acceptors (Lipinski definition) is 1. The lowest BCUT2D eigenvalue weighted by molar-refractivity contribution is 0.202. The third-order valence-electron chi connectivity index (χ3n) is 3.21. The molecule has 0 aliphatic rings. The SMILES string of the molecule is COCCc1ccc(C(Br)c2ccc(F)c(F)c2F)cc1. The van der Waals surface area contributed by atoms with Gasteiger partial charge in [-0.05, 0) is 23.6 Å². The number of alkyl halides is 1. The molecule has 0 heterocycles. The number of methoxy groups -OCH3 is 1. The molecule has 2 rings (SSSR count). The summed E-state index contributed by atoms with van der Waals surface area (Å²) in [5.74, 6) is -3.81. The van der Waals surface area contributed by atoms with E-state index in [1.165, 1.54) is 6.07 Å². The number of rotatable bonds is 5. The lowest BCUT2D eigenvalue weighted by Gasteiger charge is -2.13. The second-order valence-electron chi connectivity index (χ2n) is 4.61. The van der Waals surface area contributed by atoms with Crippen LogP contribution in [0.5, 0.6) is 0 Å². The van der Waals surface area contributed by atoms with Gasteiger partial charge in [0.25, 0.3) is 0 Å². The van der Waals surface area contributed by atoms with Gasteiger partial charge in [-0.3, -0.25) is 0 Å². The van der Waals surface area contributed by atoms with E-state index >= 15 is 0 Å². The molecule has 0 N–H and O–H groups in total. The average molecular weight is 359 g/mol. The summed E-state index contributed by atoms with van der Waals surface area (Å²) in [6, 6.07) is 9.62. The van der Waals surface area contributed by atoms with Crippen LogP contribution in [0.25, 0.3) is 0 Å². The van der Waals surface area contributed by atoms with Crippen molar-refractivity contribution in [1.29, 1.82) is 0 Å². The van der Waals surface area contributed by atoms with Crippen molar-refractivity contribution in [2.75, 3.05) is 13.7 Å². The third-order valence-corrected chi connectivity index (χ3v) is 4.23. The normalized spacial score (nSPS) is 12.4. The van der Waals surface area contributed by atoms with Crippen molar-refractivity contribution in [1.82, 2.24) is 0 Å². The van der Waals surface area contributed by atoms with E-state index in [9.17, 15) is 13.2 Å². The van der Waals surface area contributed by atoms with Gasteiger partial charge >= 0.3 is 0 Å². The Labute approximate surface area is 129 Å². The van der Waals surface area contributed by atoms with E-state index in [1.54, 1.807) is 7.11 Å². The predicted molar refractivity (Wildman–Crippen MR) is 79.1 cm³/mol. The second kappa shape index (κ2) is 7.09. The highest BCUT2D eigenvalue weighted by molar-refractivity contribution is 9.09. The van der Waals surface area contributed by atoms with Crippen molar-refractivity contribution in [3.05, 3.63) is 70.5 Å². The first kappa shape index (κ1) is 16.0. The highest BCUT2D eigenvalue weighted by Crippen LogP contribution is 2.33. The van der Waals surface area contributed by atoms with E-state index in [1.807, 2.05) is 24.3 Å². The Kier molecular flexibility index (Phi) is 5.42. The fraction of sp³-hybridized carbons (Fsp3) is 0.250. The first-order chi connectivity index (χ1) is 10.0. The van der Waals surface area contributed by atoms with Gasteiger partial charge in [-0.1, -0.05) is 46.3 Å². The summed E-state index contributed by atoms with van der Waals surface area (Å²) < 4.78 is 45.0. The van der Waals surface area contributed by atoms with Crippen molar-refractivity contribution < 1.29 is 17.9 Å². The summed E-state index contributed by atoms with van der Waals surface area (Å²) in [6.07, 6.45) is 0.781. The van der Waals surface area contributed by atoms with E-state index in [0.29, 0.717) is 6.61 Å². The minimum Gasteiger partial charge on any atom is -0.384 e. The molecule has 2 aromatic rings. The molecular weight excluding hydrogens is 345 g/mol. The highest BCUT2D eigenvalue weighted by Gasteiger charge is 2.20. The number of benzene rings is 2. The zero-order valence-electron chi connectivity index (χ0n) is 11.4. The third kappa shape index (κ3) is 3.66. The van der Waals surface area contributed by atoms with Gasteiger partial charge in [0.2, 0.25) is 0 Å².